The van der Waals surface area contributed by atoms with Gasteiger partial charge in [-0.3, -0.25) is 0 Å². The fraction of sp³-hybridized carbons (Fsp3) is 0.455. The van der Waals surface area contributed by atoms with Crippen LogP contribution in [0, 0.1) is 0 Å². The molecule has 0 N–H and O–H groups in total. The molecule has 2 heteroatoms. The predicted molar refractivity (Wildman–Crippen MR) is 65.1 cm³/mol. The third-order valence-electron chi connectivity index (χ3n) is 2.06. The maximum absolute atomic E-state index is 4.25. The van der Waals surface area contributed by atoms with Crippen molar-refractivity contribution in [2.45, 2.75) is 30.6 Å². The molecule has 1 aromatic carbocycles. The summed E-state index contributed by atoms with van der Waals surface area (Å²) in [7, 11) is 0. The van der Waals surface area contributed by atoms with E-state index in [1.807, 2.05) is 0 Å². The van der Waals surface area contributed by atoms with Crippen LogP contribution >= 0.6 is 25.3 Å². The van der Waals surface area contributed by atoms with Gasteiger partial charge in [-0.05, 0) is 42.7 Å². The molecule has 13 heavy (non-hydrogen) atoms. The van der Waals surface area contributed by atoms with Crippen molar-refractivity contribution in [3.8, 4) is 0 Å². The number of thiol groups is 2. The maximum Gasteiger partial charge on any atom is 0.00401 e. The number of benzene rings is 1. The number of unbranched alkanes of at least 4 members (excludes halogenated alkanes) is 2. The van der Waals surface area contributed by atoms with E-state index in [-0.39, 0.29) is 0 Å². The first kappa shape index (κ1) is 11.0. The molecule has 0 aliphatic heterocycles. The summed E-state index contributed by atoms with van der Waals surface area (Å²) in [5.74, 6) is 1.01. The zero-order chi connectivity index (χ0) is 9.52. The third-order valence-corrected chi connectivity index (χ3v) is 2.67. The van der Waals surface area contributed by atoms with Crippen molar-refractivity contribution < 1.29 is 0 Å². The predicted octanol–water partition coefficient (Wildman–Crippen LogP) is 3.62. The van der Waals surface area contributed by atoms with Crippen molar-refractivity contribution in [2.75, 3.05) is 5.75 Å². The van der Waals surface area contributed by atoms with Crippen molar-refractivity contribution >= 4 is 25.3 Å². The summed E-state index contributed by atoms with van der Waals surface area (Å²) in [5, 5.41) is 0. The van der Waals surface area contributed by atoms with Gasteiger partial charge in [0.15, 0.2) is 0 Å². The second-order valence-corrected chi connectivity index (χ2v) is 4.16. The van der Waals surface area contributed by atoms with Crippen LogP contribution in [0.1, 0.15) is 24.8 Å². The molecule has 0 atom stereocenters. The maximum atomic E-state index is 4.25. The van der Waals surface area contributed by atoms with E-state index in [0.717, 1.165) is 10.6 Å². The minimum atomic E-state index is 1.01. The summed E-state index contributed by atoms with van der Waals surface area (Å²) in [6.45, 7) is 0. The van der Waals surface area contributed by atoms with Gasteiger partial charge in [0.05, 0.1) is 0 Å². The monoisotopic (exact) mass is 212 g/mol. The molecular formula is C11H16S2. The molecule has 72 valence electrons. The van der Waals surface area contributed by atoms with E-state index in [0.29, 0.717) is 0 Å². The van der Waals surface area contributed by atoms with Crippen molar-refractivity contribution in [1.29, 1.82) is 0 Å². The van der Waals surface area contributed by atoms with Crippen LogP contribution in [0.15, 0.2) is 29.2 Å². The lowest BCUT2D eigenvalue weighted by atomic mass is 10.1. The molecule has 0 spiro atoms. The zero-order valence-corrected chi connectivity index (χ0v) is 9.53. The van der Waals surface area contributed by atoms with E-state index >= 15 is 0 Å². The van der Waals surface area contributed by atoms with E-state index in [4.69, 9.17) is 0 Å². The first-order valence-corrected chi connectivity index (χ1v) is 5.79. The molecule has 0 amide bonds. The Morgan fingerprint density at radius 2 is 1.62 bits per heavy atom. The van der Waals surface area contributed by atoms with Crippen LogP contribution in [0.25, 0.3) is 0 Å². The van der Waals surface area contributed by atoms with Crippen LogP contribution in [0.4, 0.5) is 0 Å². The van der Waals surface area contributed by atoms with E-state index in [1.54, 1.807) is 0 Å². The van der Waals surface area contributed by atoms with Crippen molar-refractivity contribution in [3.63, 3.8) is 0 Å². The Morgan fingerprint density at radius 3 is 2.23 bits per heavy atom. The van der Waals surface area contributed by atoms with Gasteiger partial charge in [-0.1, -0.05) is 18.6 Å². The molecule has 0 unspecified atom stereocenters. The summed E-state index contributed by atoms with van der Waals surface area (Å²) in [6.07, 6.45) is 4.97. The van der Waals surface area contributed by atoms with Crippen LogP contribution in [-0.4, -0.2) is 5.75 Å². The smallest absolute Gasteiger partial charge is 0.00401 e. The third kappa shape index (κ3) is 4.63. The van der Waals surface area contributed by atoms with E-state index < -0.39 is 0 Å². The van der Waals surface area contributed by atoms with Crippen LogP contribution in [0.3, 0.4) is 0 Å². The minimum absolute atomic E-state index is 1.01. The molecule has 0 aliphatic carbocycles. The average molecular weight is 212 g/mol. The SMILES string of the molecule is SCCCCCc1ccc(S)cc1. The topological polar surface area (TPSA) is 0 Å². The van der Waals surface area contributed by atoms with Crippen LogP contribution in [0.2, 0.25) is 0 Å². The van der Waals surface area contributed by atoms with Gasteiger partial charge < -0.3 is 0 Å². The molecule has 1 rings (SSSR count). The first-order chi connectivity index (χ1) is 6.33. The highest BCUT2D eigenvalue weighted by Crippen LogP contribution is 2.10. The summed E-state index contributed by atoms with van der Waals surface area (Å²) >= 11 is 8.43. The molecule has 0 aliphatic rings. The highest BCUT2D eigenvalue weighted by atomic mass is 32.1. The van der Waals surface area contributed by atoms with E-state index in [2.05, 4.69) is 49.5 Å². The van der Waals surface area contributed by atoms with Gasteiger partial charge in [-0.2, -0.15) is 12.6 Å². The van der Waals surface area contributed by atoms with Crippen LogP contribution in [-0.2, 0) is 6.42 Å². The molecule has 0 saturated carbocycles. The highest BCUT2D eigenvalue weighted by Gasteiger charge is 1.92. The summed E-state index contributed by atoms with van der Waals surface area (Å²) in [5.41, 5.74) is 1.41. The zero-order valence-electron chi connectivity index (χ0n) is 7.74. The minimum Gasteiger partial charge on any atom is -0.179 e. The highest BCUT2D eigenvalue weighted by molar-refractivity contribution is 7.80. The number of aryl methyl sites for hydroxylation is 1. The fourth-order valence-corrected chi connectivity index (χ4v) is 1.65. The molecule has 0 saturated heterocycles. The first-order valence-electron chi connectivity index (χ1n) is 4.71. The van der Waals surface area contributed by atoms with Gasteiger partial charge in [0.1, 0.15) is 0 Å². The number of hydrogen-bond acceptors (Lipinski definition) is 2. The van der Waals surface area contributed by atoms with Gasteiger partial charge in [0.2, 0.25) is 0 Å². The molecular weight excluding hydrogens is 196 g/mol. The Bertz CT molecular complexity index is 228. The van der Waals surface area contributed by atoms with E-state index in [1.165, 1.54) is 31.2 Å². The molecule has 0 fully saturated rings. The van der Waals surface area contributed by atoms with Crippen LogP contribution in [0.5, 0.6) is 0 Å². The summed E-state index contributed by atoms with van der Waals surface area (Å²) in [4.78, 5) is 1.04. The quantitative estimate of drug-likeness (QED) is 0.540. The second kappa shape index (κ2) is 6.39. The van der Waals surface area contributed by atoms with Gasteiger partial charge in [-0.15, -0.1) is 12.6 Å². The lowest BCUT2D eigenvalue weighted by Crippen LogP contribution is -1.85. The molecule has 0 radical (unpaired) electrons. The van der Waals surface area contributed by atoms with E-state index in [9.17, 15) is 0 Å². The summed E-state index contributed by atoms with van der Waals surface area (Å²) < 4.78 is 0. The Balaban J connectivity index is 2.25. The Hall–Kier alpha value is -0.0800. The Morgan fingerprint density at radius 1 is 0.923 bits per heavy atom. The average Bonchev–Trinajstić information content (AvgIpc) is 2.15. The molecule has 0 bridgehead atoms. The lowest BCUT2D eigenvalue weighted by Gasteiger charge is -2.00. The second-order valence-electron chi connectivity index (χ2n) is 3.20. The fourth-order valence-electron chi connectivity index (χ4n) is 1.28. The molecule has 0 aromatic heterocycles. The standard InChI is InChI=1S/C11H16S2/c12-9-3-1-2-4-10-5-7-11(13)8-6-10/h5-8,12-13H,1-4,9H2. The molecule has 0 heterocycles. The van der Waals surface area contributed by atoms with Crippen molar-refractivity contribution in [2.24, 2.45) is 0 Å². The molecule has 0 nitrogen and oxygen atoms in total. The van der Waals surface area contributed by atoms with Gasteiger partial charge in [0.25, 0.3) is 0 Å². The van der Waals surface area contributed by atoms with Gasteiger partial charge in [-0.25, -0.2) is 0 Å². The largest absolute Gasteiger partial charge is 0.179 e. The van der Waals surface area contributed by atoms with Crippen molar-refractivity contribution in [1.82, 2.24) is 0 Å². The lowest BCUT2D eigenvalue weighted by molar-refractivity contribution is 0.723. The molecule has 1 aromatic rings. The summed E-state index contributed by atoms with van der Waals surface area (Å²) in [6, 6.07) is 8.42. The Labute approximate surface area is 91.6 Å². The van der Waals surface area contributed by atoms with Gasteiger partial charge >= 0.3 is 0 Å². The Kier molecular flexibility index (Phi) is 5.40. The van der Waals surface area contributed by atoms with Gasteiger partial charge in [0, 0.05) is 4.90 Å². The number of hydrogen-bond donors (Lipinski definition) is 2. The van der Waals surface area contributed by atoms with Crippen molar-refractivity contribution in [3.05, 3.63) is 29.8 Å². The van der Waals surface area contributed by atoms with Crippen LogP contribution < -0.4 is 0 Å². The normalized spacial score (nSPS) is 10.3. The number of rotatable bonds is 5.